The lowest BCUT2D eigenvalue weighted by Crippen LogP contribution is -2.31. The summed E-state index contributed by atoms with van der Waals surface area (Å²) in [6.45, 7) is 10.1. The zero-order valence-corrected chi connectivity index (χ0v) is 10.7. The SMILES string of the molecule is CCOC1=NC(CC(C)C)C(OCC)=NC1. The number of hydrogen-bond donors (Lipinski definition) is 0. The van der Waals surface area contributed by atoms with Gasteiger partial charge in [-0.05, 0) is 26.2 Å². The van der Waals surface area contributed by atoms with Gasteiger partial charge in [0.2, 0.25) is 11.8 Å². The van der Waals surface area contributed by atoms with E-state index in [1.54, 1.807) is 0 Å². The first-order valence-electron chi connectivity index (χ1n) is 6.03. The van der Waals surface area contributed by atoms with E-state index in [0.717, 1.165) is 18.2 Å². The van der Waals surface area contributed by atoms with Gasteiger partial charge >= 0.3 is 0 Å². The molecule has 0 fully saturated rings. The minimum atomic E-state index is 0.0373. The summed E-state index contributed by atoms with van der Waals surface area (Å²) < 4.78 is 10.9. The largest absolute Gasteiger partial charge is 0.480 e. The Balaban J connectivity index is 2.67. The minimum Gasteiger partial charge on any atom is -0.480 e. The van der Waals surface area contributed by atoms with Crippen LogP contribution in [0.1, 0.15) is 34.1 Å². The molecular formula is C12H22N2O2. The van der Waals surface area contributed by atoms with Gasteiger partial charge in [0.15, 0.2) is 0 Å². The van der Waals surface area contributed by atoms with Crippen LogP contribution in [0.4, 0.5) is 0 Å². The van der Waals surface area contributed by atoms with Gasteiger partial charge in [-0.1, -0.05) is 13.8 Å². The summed E-state index contributed by atoms with van der Waals surface area (Å²) in [7, 11) is 0. The molecule has 16 heavy (non-hydrogen) atoms. The molecule has 0 aromatic carbocycles. The molecule has 1 atom stereocenters. The van der Waals surface area contributed by atoms with Crippen molar-refractivity contribution in [2.75, 3.05) is 19.8 Å². The van der Waals surface area contributed by atoms with Gasteiger partial charge in [0, 0.05) is 0 Å². The second kappa shape index (κ2) is 6.51. The molecule has 0 saturated heterocycles. The first-order valence-corrected chi connectivity index (χ1v) is 6.03. The van der Waals surface area contributed by atoms with Crippen LogP contribution in [0, 0.1) is 5.92 Å². The maximum atomic E-state index is 5.51. The van der Waals surface area contributed by atoms with Gasteiger partial charge in [-0.25, -0.2) is 9.98 Å². The van der Waals surface area contributed by atoms with Crippen LogP contribution in [0.25, 0.3) is 0 Å². The highest BCUT2D eigenvalue weighted by atomic mass is 16.5. The van der Waals surface area contributed by atoms with Gasteiger partial charge in [0.05, 0.1) is 13.2 Å². The van der Waals surface area contributed by atoms with Crippen molar-refractivity contribution in [3.05, 3.63) is 0 Å². The predicted octanol–water partition coefficient (Wildman–Crippen LogP) is 2.28. The molecule has 0 radical (unpaired) electrons. The Kier molecular flexibility index (Phi) is 5.29. The first kappa shape index (κ1) is 13.0. The highest BCUT2D eigenvalue weighted by Gasteiger charge is 2.23. The maximum absolute atomic E-state index is 5.51. The Hall–Kier alpha value is -1.06. The topological polar surface area (TPSA) is 43.2 Å². The summed E-state index contributed by atoms with van der Waals surface area (Å²) in [5.74, 6) is 2.07. The van der Waals surface area contributed by atoms with Crippen molar-refractivity contribution in [1.29, 1.82) is 0 Å². The molecule has 1 aliphatic heterocycles. The van der Waals surface area contributed by atoms with Crippen LogP contribution in [0.2, 0.25) is 0 Å². The fourth-order valence-corrected chi connectivity index (χ4v) is 1.66. The van der Waals surface area contributed by atoms with E-state index in [0.29, 0.717) is 25.7 Å². The van der Waals surface area contributed by atoms with E-state index >= 15 is 0 Å². The number of aliphatic imine (C=N–C) groups is 2. The minimum absolute atomic E-state index is 0.0373. The van der Waals surface area contributed by atoms with E-state index in [9.17, 15) is 0 Å². The van der Waals surface area contributed by atoms with E-state index < -0.39 is 0 Å². The van der Waals surface area contributed by atoms with Crippen LogP contribution in [0.5, 0.6) is 0 Å². The van der Waals surface area contributed by atoms with Crippen molar-refractivity contribution in [3.8, 4) is 0 Å². The molecule has 0 bridgehead atoms. The van der Waals surface area contributed by atoms with Crippen LogP contribution < -0.4 is 0 Å². The van der Waals surface area contributed by atoms with Crippen molar-refractivity contribution in [1.82, 2.24) is 0 Å². The second-order valence-electron chi connectivity index (χ2n) is 4.19. The number of rotatable bonds is 4. The molecule has 1 unspecified atom stereocenters. The molecule has 1 heterocycles. The van der Waals surface area contributed by atoms with Crippen LogP contribution in [0.15, 0.2) is 9.98 Å². The molecule has 0 aromatic heterocycles. The van der Waals surface area contributed by atoms with Gasteiger partial charge in [-0.3, -0.25) is 0 Å². The van der Waals surface area contributed by atoms with Crippen LogP contribution >= 0.6 is 0 Å². The summed E-state index contributed by atoms with van der Waals surface area (Å²) in [6, 6.07) is 0.0373. The molecule has 0 aromatic rings. The Morgan fingerprint density at radius 2 is 1.94 bits per heavy atom. The number of nitrogens with zero attached hydrogens (tertiary/aromatic N) is 2. The quantitative estimate of drug-likeness (QED) is 0.738. The van der Waals surface area contributed by atoms with Crippen LogP contribution in [0.3, 0.4) is 0 Å². The molecule has 1 aliphatic rings. The third kappa shape index (κ3) is 3.83. The molecule has 0 N–H and O–H groups in total. The van der Waals surface area contributed by atoms with Gasteiger partial charge in [0.25, 0.3) is 0 Å². The zero-order valence-electron chi connectivity index (χ0n) is 10.7. The Labute approximate surface area is 97.8 Å². The van der Waals surface area contributed by atoms with Crippen molar-refractivity contribution in [2.45, 2.75) is 40.2 Å². The first-order chi connectivity index (χ1) is 7.67. The molecule has 0 aliphatic carbocycles. The highest BCUT2D eigenvalue weighted by molar-refractivity contribution is 5.91. The van der Waals surface area contributed by atoms with Gasteiger partial charge in [-0.2, -0.15) is 0 Å². The third-order valence-electron chi connectivity index (χ3n) is 2.25. The van der Waals surface area contributed by atoms with Gasteiger partial charge < -0.3 is 9.47 Å². The average molecular weight is 226 g/mol. The van der Waals surface area contributed by atoms with Gasteiger partial charge in [-0.15, -0.1) is 0 Å². The van der Waals surface area contributed by atoms with Crippen molar-refractivity contribution >= 4 is 11.8 Å². The molecule has 4 heteroatoms. The smallest absolute Gasteiger partial charge is 0.209 e. The third-order valence-corrected chi connectivity index (χ3v) is 2.25. The summed E-state index contributed by atoms with van der Waals surface area (Å²) in [6.07, 6.45) is 0.954. The fourth-order valence-electron chi connectivity index (χ4n) is 1.66. The predicted molar refractivity (Wildman–Crippen MR) is 66.2 cm³/mol. The summed E-state index contributed by atoms with van der Waals surface area (Å²) >= 11 is 0. The van der Waals surface area contributed by atoms with Gasteiger partial charge in [0.1, 0.15) is 12.6 Å². The Morgan fingerprint density at radius 3 is 2.50 bits per heavy atom. The van der Waals surface area contributed by atoms with Crippen LogP contribution in [-0.2, 0) is 9.47 Å². The average Bonchev–Trinajstić information content (AvgIpc) is 2.22. The van der Waals surface area contributed by atoms with Crippen LogP contribution in [-0.4, -0.2) is 37.6 Å². The maximum Gasteiger partial charge on any atom is 0.209 e. The monoisotopic (exact) mass is 226 g/mol. The van der Waals surface area contributed by atoms with E-state index in [-0.39, 0.29) is 6.04 Å². The number of hydrogen-bond acceptors (Lipinski definition) is 4. The Morgan fingerprint density at radius 1 is 1.25 bits per heavy atom. The molecular weight excluding hydrogens is 204 g/mol. The number of ether oxygens (including phenoxy) is 2. The normalized spacial score (nSPS) is 20.4. The molecule has 0 saturated carbocycles. The van der Waals surface area contributed by atoms with E-state index in [1.165, 1.54) is 0 Å². The van der Waals surface area contributed by atoms with Crippen molar-refractivity contribution in [2.24, 2.45) is 15.9 Å². The standard InChI is InChI=1S/C12H22N2O2/c1-5-15-11-8-13-12(16-6-2)10(14-11)7-9(3)4/h9-10H,5-8H2,1-4H3. The summed E-state index contributed by atoms with van der Waals surface area (Å²) in [4.78, 5) is 8.94. The van der Waals surface area contributed by atoms with E-state index in [1.807, 2.05) is 13.8 Å². The molecule has 92 valence electrons. The zero-order chi connectivity index (χ0) is 12.0. The molecule has 1 rings (SSSR count). The summed E-state index contributed by atoms with van der Waals surface area (Å²) in [5, 5.41) is 0. The Bertz CT molecular complexity index is 272. The fraction of sp³-hybridized carbons (Fsp3) is 0.833. The van der Waals surface area contributed by atoms with Crippen molar-refractivity contribution < 1.29 is 9.47 Å². The highest BCUT2D eigenvalue weighted by Crippen LogP contribution is 2.14. The summed E-state index contributed by atoms with van der Waals surface area (Å²) in [5.41, 5.74) is 0. The molecule has 0 amide bonds. The molecule has 0 spiro atoms. The second-order valence-corrected chi connectivity index (χ2v) is 4.19. The lowest BCUT2D eigenvalue weighted by atomic mass is 10.0. The van der Waals surface area contributed by atoms with E-state index in [2.05, 4.69) is 23.8 Å². The molecule has 4 nitrogen and oxygen atoms in total. The van der Waals surface area contributed by atoms with Crippen molar-refractivity contribution in [3.63, 3.8) is 0 Å². The lowest BCUT2D eigenvalue weighted by Gasteiger charge is -2.22. The lowest BCUT2D eigenvalue weighted by molar-refractivity contribution is 0.288. The van der Waals surface area contributed by atoms with E-state index in [4.69, 9.17) is 9.47 Å².